The van der Waals surface area contributed by atoms with Crippen molar-refractivity contribution in [2.75, 3.05) is 11.4 Å². The molecule has 2 aromatic rings. The van der Waals surface area contributed by atoms with Crippen LogP contribution in [0, 0.1) is 6.92 Å². The van der Waals surface area contributed by atoms with Crippen LogP contribution in [0.3, 0.4) is 0 Å². The van der Waals surface area contributed by atoms with Crippen LogP contribution in [0.5, 0.6) is 0 Å². The normalized spacial score (nSPS) is 14.1. The minimum Gasteiger partial charge on any atom is -0.347 e. The van der Waals surface area contributed by atoms with Crippen molar-refractivity contribution < 1.29 is 9.59 Å². The van der Waals surface area contributed by atoms with Crippen molar-refractivity contribution in [2.24, 2.45) is 0 Å². The Kier molecular flexibility index (Phi) is 4.32. The second-order valence-electron chi connectivity index (χ2n) is 5.54. The third-order valence-electron chi connectivity index (χ3n) is 3.76. The topological polar surface area (TPSA) is 75.2 Å². The average Bonchev–Trinajstić information content (AvgIpc) is 3.00. The number of anilines is 1. The van der Waals surface area contributed by atoms with Crippen LogP contribution < -0.4 is 10.2 Å². The van der Waals surface area contributed by atoms with E-state index in [4.69, 9.17) is 0 Å². The molecule has 118 valence electrons. The second-order valence-corrected chi connectivity index (χ2v) is 5.54. The van der Waals surface area contributed by atoms with Crippen molar-refractivity contribution in [3.05, 3.63) is 53.6 Å². The predicted octanol–water partition coefficient (Wildman–Crippen LogP) is 1.84. The van der Waals surface area contributed by atoms with Gasteiger partial charge in [-0.1, -0.05) is 12.1 Å². The summed E-state index contributed by atoms with van der Waals surface area (Å²) in [5.74, 6) is -0.110. The summed E-state index contributed by atoms with van der Waals surface area (Å²) in [7, 11) is 0. The largest absolute Gasteiger partial charge is 0.347 e. The quantitative estimate of drug-likeness (QED) is 0.935. The highest BCUT2D eigenvalue weighted by Gasteiger charge is 2.21. The molecular weight excluding hydrogens is 292 g/mol. The molecule has 3 rings (SSSR count). The lowest BCUT2D eigenvalue weighted by Crippen LogP contribution is -2.25. The van der Waals surface area contributed by atoms with Gasteiger partial charge in [0.1, 0.15) is 5.69 Å². The first-order valence-corrected chi connectivity index (χ1v) is 7.59. The van der Waals surface area contributed by atoms with Crippen LogP contribution in [0.4, 0.5) is 5.69 Å². The van der Waals surface area contributed by atoms with E-state index in [1.54, 1.807) is 11.1 Å². The van der Waals surface area contributed by atoms with Gasteiger partial charge in [0.05, 0.1) is 11.9 Å². The Bertz CT molecular complexity index is 728. The summed E-state index contributed by atoms with van der Waals surface area (Å²) in [4.78, 5) is 33.8. The SMILES string of the molecule is Cc1cnc(C(=O)NCc2cccc(N3CCCC3=O)c2)cn1. The van der Waals surface area contributed by atoms with Crippen LogP contribution in [0.1, 0.15) is 34.6 Å². The lowest BCUT2D eigenvalue weighted by Gasteiger charge is -2.16. The molecule has 23 heavy (non-hydrogen) atoms. The van der Waals surface area contributed by atoms with Crippen LogP contribution in [0.2, 0.25) is 0 Å². The molecule has 1 aliphatic heterocycles. The monoisotopic (exact) mass is 310 g/mol. The Morgan fingerprint density at radius 3 is 2.87 bits per heavy atom. The zero-order valence-electron chi connectivity index (χ0n) is 13.0. The molecular formula is C17H18N4O2. The van der Waals surface area contributed by atoms with E-state index in [0.29, 0.717) is 18.7 Å². The Hall–Kier alpha value is -2.76. The third-order valence-corrected chi connectivity index (χ3v) is 3.76. The first kappa shape index (κ1) is 15.1. The first-order valence-electron chi connectivity index (χ1n) is 7.59. The summed E-state index contributed by atoms with van der Waals surface area (Å²) in [6, 6.07) is 7.67. The predicted molar refractivity (Wildman–Crippen MR) is 86.0 cm³/mol. The molecule has 0 bridgehead atoms. The summed E-state index contributed by atoms with van der Waals surface area (Å²) in [5, 5.41) is 2.82. The minimum atomic E-state index is -0.264. The number of amides is 2. The number of benzene rings is 1. The van der Waals surface area contributed by atoms with Gasteiger partial charge in [-0.25, -0.2) is 4.98 Å². The summed E-state index contributed by atoms with van der Waals surface area (Å²) < 4.78 is 0. The van der Waals surface area contributed by atoms with Crippen LogP contribution in [-0.4, -0.2) is 28.3 Å². The molecule has 0 atom stereocenters. The number of nitrogens with one attached hydrogen (secondary N) is 1. The van der Waals surface area contributed by atoms with Gasteiger partial charge in [0.15, 0.2) is 0 Å². The van der Waals surface area contributed by atoms with Crippen molar-refractivity contribution >= 4 is 17.5 Å². The number of rotatable bonds is 4. The fourth-order valence-electron chi connectivity index (χ4n) is 2.54. The van der Waals surface area contributed by atoms with Gasteiger partial charge in [-0.3, -0.25) is 14.6 Å². The maximum absolute atomic E-state index is 12.0. The second kappa shape index (κ2) is 6.56. The number of hydrogen-bond acceptors (Lipinski definition) is 4. The molecule has 6 heteroatoms. The fourth-order valence-corrected chi connectivity index (χ4v) is 2.54. The number of aromatic nitrogens is 2. The molecule has 1 saturated heterocycles. The number of aryl methyl sites for hydroxylation is 1. The van der Waals surface area contributed by atoms with Gasteiger partial charge in [0, 0.05) is 31.4 Å². The maximum Gasteiger partial charge on any atom is 0.271 e. The molecule has 0 saturated carbocycles. The van der Waals surface area contributed by atoms with Gasteiger partial charge in [-0.2, -0.15) is 0 Å². The van der Waals surface area contributed by atoms with E-state index >= 15 is 0 Å². The number of carbonyl (C=O) groups is 2. The number of nitrogens with zero attached hydrogens (tertiary/aromatic N) is 3. The van der Waals surface area contributed by atoms with Gasteiger partial charge < -0.3 is 10.2 Å². The van der Waals surface area contributed by atoms with E-state index in [1.807, 2.05) is 31.2 Å². The lowest BCUT2D eigenvalue weighted by molar-refractivity contribution is -0.117. The van der Waals surface area contributed by atoms with Crippen LogP contribution in [-0.2, 0) is 11.3 Å². The maximum atomic E-state index is 12.0. The highest BCUT2D eigenvalue weighted by atomic mass is 16.2. The molecule has 0 unspecified atom stereocenters. The zero-order valence-corrected chi connectivity index (χ0v) is 13.0. The highest BCUT2D eigenvalue weighted by Crippen LogP contribution is 2.22. The van der Waals surface area contributed by atoms with E-state index in [1.165, 1.54) is 6.20 Å². The molecule has 2 heterocycles. The third kappa shape index (κ3) is 3.53. The van der Waals surface area contributed by atoms with E-state index < -0.39 is 0 Å². The summed E-state index contributed by atoms with van der Waals surface area (Å²) in [5.41, 5.74) is 2.89. The summed E-state index contributed by atoms with van der Waals surface area (Å²) >= 11 is 0. The van der Waals surface area contributed by atoms with Crippen LogP contribution in [0.25, 0.3) is 0 Å². The summed E-state index contributed by atoms with van der Waals surface area (Å²) in [6.45, 7) is 2.96. The molecule has 6 nitrogen and oxygen atoms in total. The minimum absolute atomic E-state index is 0.154. The van der Waals surface area contributed by atoms with E-state index in [0.717, 1.165) is 29.9 Å². The van der Waals surface area contributed by atoms with E-state index in [-0.39, 0.29) is 11.8 Å². The molecule has 0 spiro atoms. The number of hydrogen-bond donors (Lipinski definition) is 1. The van der Waals surface area contributed by atoms with Gasteiger partial charge in [-0.05, 0) is 31.0 Å². The van der Waals surface area contributed by atoms with Gasteiger partial charge in [0.25, 0.3) is 5.91 Å². The molecule has 0 aliphatic carbocycles. The standard InChI is InChI=1S/C17H18N4O2/c1-12-9-19-15(11-18-12)17(23)20-10-13-4-2-5-14(8-13)21-7-3-6-16(21)22/h2,4-5,8-9,11H,3,6-7,10H2,1H3,(H,20,23). The van der Waals surface area contributed by atoms with Crippen molar-refractivity contribution in [1.29, 1.82) is 0 Å². The summed E-state index contributed by atoms with van der Waals surface area (Å²) in [6.07, 6.45) is 4.53. The fraction of sp³-hybridized carbons (Fsp3) is 0.294. The molecule has 0 radical (unpaired) electrons. The van der Waals surface area contributed by atoms with Gasteiger partial charge in [0.2, 0.25) is 5.91 Å². The molecule has 1 N–H and O–H groups in total. The molecule has 2 amide bonds. The average molecular weight is 310 g/mol. The van der Waals surface area contributed by atoms with E-state index in [9.17, 15) is 9.59 Å². The molecule has 1 aliphatic rings. The van der Waals surface area contributed by atoms with Crippen molar-refractivity contribution in [3.63, 3.8) is 0 Å². The van der Waals surface area contributed by atoms with E-state index in [2.05, 4.69) is 15.3 Å². The van der Waals surface area contributed by atoms with Crippen molar-refractivity contribution in [1.82, 2.24) is 15.3 Å². The molecule has 1 aromatic heterocycles. The van der Waals surface area contributed by atoms with Crippen LogP contribution in [0.15, 0.2) is 36.7 Å². The smallest absolute Gasteiger partial charge is 0.271 e. The first-order chi connectivity index (χ1) is 11.1. The Labute approximate surface area is 134 Å². The zero-order chi connectivity index (χ0) is 16.2. The Morgan fingerprint density at radius 1 is 1.30 bits per heavy atom. The van der Waals surface area contributed by atoms with Crippen molar-refractivity contribution in [3.8, 4) is 0 Å². The lowest BCUT2D eigenvalue weighted by atomic mass is 10.2. The molecule has 1 fully saturated rings. The van der Waals surface area contributed by atoms with Crippen molar-refractivity contribution in [2.45, 2.75) is 26.3 Å². The molecule has 1 aromatic carbocycles. The van der Waals surface area contributed by atoms with Gasteiger partial charge >= 0.3 is 0 Å². The Balaban J connectivity index is 1.65. The highest BCUT2D eigenvalue weighted by molar-refractivity contribution is 5.95. The van der Waals surface area contributed by atoms with Crippen LogP contribution >= 0.6 is 0 Å². The Morgan fingerprint density at radius 2 is 2.17 bits per heavy atom. The van der Waals surface area contributed by atoms with Gasteiger partial charge in [-0.15, -0.1) is 0 Å². The number of carbonyl (C=O) groups excluding carboxylic acids is 2.